The van der Waals surface area contributed by atoms with E-state index in [1.54, 1.807) is 6.92 Å². The molecule has 1 amide bonds. The molecule has 0 aliphatic rings. The zero-order valence-corrected chi connectivity index (χ0v) is 16.1. The van der Waals surface area contributed by atoms with Gasteiger partial charge in [0, 0.05) is 24.6 Å². The van der Waals surface area contributed by atoms with E-state index < -0.39 is 17.5 Å². The number of nitrogens with one attached hydrogen (secondary N) is 1. The summed E-state index contributed by atoms with van der Waals surface area (Å²) in [5.74, 6) is -1.64. The van der Waals surface area contributed by atoms with Crippen molar-refractivity contribution in [3.63, 3.8) is 0 Å². The molecule has 158 valence electrons. The van der Waals surface area contributed by atoms with Gasteiger partial charge in [-0.15, -0.1) is 5.10 Å². The molecule has 0 atom stereocenters. The number of aryl methyl sites for hydroxylation is 2. The molecule has 0 aliphatic carbocycles. The normalized spacial score (nSPS) is 11.0. The van der Waals surface area contributed by atoms with Gasteiger partial charge in [-0.2, -0.15) is 4.68 Å². The largest absolute Gasteiger partial charge is 0.441 e. The Kier molecular flexibility index (Phi) is 5.48. The van der Waals surface area contributed by atoms with Crippen molar-refractivity contribution in [2.75, 3.05) is 5.32 Å². The smallest absolute Gasteiger partial charge is 0.224 e. The molecular weight excluding hydrogens is 413 g/mol. The lowest BCUT2D eigenvalue weighted by Crippen LogP contribution is -2.13. The zero-order valence-electron chi connectivity index (χ0n) is 16.1. The zero-order chi connectivity index (χ0) is 22.0. The van der Waals surface area contributed by atoms with Crippen LogP contribution in [0.1, 0.15) is 18.1 Å². The monoisotopic (exact) mass is 428 g/mol. The number of nitrogens with zero attached hydrogens (tertiary/aromatic N) is 5. The Labute approximate surface area is 173 Å². The first-order valence-electron chi connectivity index (χ1n) is 9.15. The Hall–Kier alpha value is -4.02. The van der Waals surface area contributed by atoms with Crippen molar-refractivity contribution in [3.05, 3.63) is 71.8 Å². The third kappa shape index (κ3) is 4.44. The molecule has 1 N–H and O–H groups in total. The van der Waals surface area contributed by atoms with Crippen molar-refractivity contribution in [2.24, 2.45) is 0 Å². The van der Waals surface area contributed by atoms with Crippen molar-refractivity contribution in [3.8, 4) is 17.0 Å². The van der Waals surface area contributed by atoms with Crippen LogP contribution in [0.3, 0.4) is 0 Å². The number of anilines is 1. The Morgan fingerprint density at radius 2 is 1.97 bits per heavy atom. The van der Waals surface area contributed by atoms with Crippen LogP contribution in [0.2, 0.25) is 0 Å². The summed E-state index contributed by atoms with van der Waals surface area (Å²) in [5.41, 5.74) is 0.526. The van der Waals surface area contributed by atoms with E-state index in [0.717, 1.165) is 12.1 Å². The number of aromatic nitrogens is 5. The van der Waals surface area contributed by atoms with E-state index in [1.165, 1.54) is 35.1 Å². The standard InChI is InChI=1S/C20H15F3N6O2/c1-11-26-27-28-29(11)17-9-13(3-5-15(17)22)25-19(30)6-7-20-24-10-18(31-20)14-4-2-12(21)8-16(14)23/h2-5,8-10H,6-7H2,1H3,(H,25,30). The van der Waals surface area contributed by atoms with Crippen LogP contribution in [-0.2, 0) is 11.2 Å². The molecule has 0 bridgehead atoms. The van der Waals surface area contributed by atoms with Gasteiger partial charge in [0.15, 0.2) is 17.5 Å². The van der Waals surface area contributed by atoms with Crippen molar-refractivity contribution < 1.29 is 22.4 Å². The average molecular weight is 428 g/mol. The van der Waals surface area contributed by atoms with Crippen LogP contribution in [0.5, 0.6) is 0 Å². The summed E-state index contributed by atoms with van der Waals surface area (Å²) < 4.78 is 47.7. The number of oxazole rings is 1. The van der Waals surface area contributed by atoms with E-state index in [2.05, 4.69) is 25.8 Å². The van der Waals surface area contributed by atoms with Gasteiger partial charge in [0.1, 0.15) is 23.1 Å². The number of carbonyl (C=O) groups excluding carboxylic acids is 1. The molecule has 0 spiro atoms. The predicted molar refractivity (Wildman–Crippen MR) is 103 cm³/mol. The minimum absolute atomic E-state index is 0.0163. The number of hydrogen-bond acceptors (Lipinski definition) is 6. The number of carbonyl (C=O) groups is 1. The molecule has 2 aromatic carbocycles. The summed E-state index contributed by atoms with van der Waals surface area (Å²) in [7, 11) is 0. The molecule has 0 saturated heterocycles. The van der Waals surface area contributed by atoms with E-state index in [-0.39, 0.29) is 41.7 Å². The summed E-state index contributed by atoms with van der Waals surface area (Å²) >= 11 is 0. The number of hydrogen-bond donors (Lipinski definition) is 1. The topological polar surface area (TPSA) is 98.7 Å². The molecule has 0 aliphatic heterocycles. The molecule has 0 unspecified atom stereocenters. The van der Waals surface area contributed by atoms with Crippen molar-refractivity contribution in [1.29, 1.82) is 0 Å². The minimum Gasteiger partial charge on any atom is -0.441 e. The van der Waals surface area contributed by atoms with Gasteiger partial charge in [-0.1, -0.05) is 0 Å². The first-order chi connectivity index (χ1) is 14.9. The van der Waals surface area contributed by atoms with E-state index in [4.69, 9.17) is 4.42 Å². The first-order valence-corrected chi connectivity index (χ1v) is 9.15. The maximum atomic E-state index is 14.1. The SMILES string of the molecule is Cc1nnnn1-c1cc(NC(=O)CCc2ncc(-c3ccc(F)cc3F)o2)ccc1F. The Morgan fingerprint density at radius 3 is 2.71 bits per heavy atom. The lowest BCUT2D eigenvalue weighted by molar-refractivity contribution is -0.116. The van der Waals surface area contributed by atoms with Crippen molar-refractivity contribution in [1.82, 2.24) is 25.2 Å². The van der Waals surface area contributed by atoms with Crippen molar-refractivity contribution >= 4 is 11.6 Å². The summed E-state index contributed by atoms with van der Waals surface area (Å²) in [4.78, 5) is 16.3. The molecule has 4 aromatic rings. The number of rotatable bonds is 6. The fourth-order valence-corrected chi connectivity index (χ4v) is 2.89. The fraction of sp³-hybridized carbons (Fsp3) is 0.150. The number of halogens is 3. The van der Waals surface area contributed by atoms with Crippen LogP contribution in [-0.4, -0.2) is 31.1 Å². The molecule has 0 saturated carbocycles. The van der Waals surface area contributed by atoms with Gasteiger partial charge in [-0.25, -0.2) is 18.2 Å². The maximum Gasteiger partial charge on any atom is 0.224 e. The molecule has 8 nitrogen and oxygen atoms in total. The highest BCUT2D eigenvalue weighted by molar-refractivity contribution is 5.91. The van der Waals surface area contributed by atoms with E-state index in [1.807, 2.05) is 0 Å². The van der Waals surface area contributed by atoms with E-state index >= 15 is 0 Å². The highest BCUT2D eigenvalue weighted by atomic mass is 19.1. The molecule has 2 heterocycles. The molecule has 31 heavy (non-hydrogen) atoms. The lowest BCUT2D eigenvalue weighted by atomic mass is 10.2. The average Bonchev–Trinajstić information content (AvgIpc) is 3.37. The Bertz CT molecular complexity index is 1250. The second-order valence-electron chi connectivity index (χ2n) is 6.59. The highest BCUT2D eigenvalue weighted by Gasteiger charge is 2.14. The summed E-state index contributed by atoms with van der Waals surface area (Å²) in [6.45, 7) is 1.62. The predicted octanol–water partition coefficient (Wildman–Crippen LogP) is 3.61. The molecule has 0 radical (unpaired) electrons. The molecule has 0 fully saturated rings. The quantitative estimate of drug-likeness (QED) is 0.504. The number of benzene rings is 2. The third-order valence-corrected chi connectivity index (χ3v) is 4.40. The van der Waals surface area contributed by atoms with E-state index in [0.29, 0.717) is 11.5 Å². The maximum absolute atomic E-state index is 14.1. The fourth-order valence-electron chi connectivity index (χ4n) is 2.89. The van der Waals surface area contributed by atoms with Crippen LogP contribution in [0.15, 0.2) is 47.0 Å². The minimum atomic E-state index is -0.773. The Morgan fingerprint density at radius 1 is 1.13 bits per heavy atom. The van der Waals surface area contributed by atoms with Gasteiger partial charge in [0.25, 0.3) is 0 Å². The van der Waals surface area contributed by atoms with Crippen LogP contribution in [0.4, 0.5) is 18.9 Å². The van der Waals surface area contributed by atoms with Gasteiger partial charge in [0.2, 0.25) is 5.91 Å². The number of tetrazole rings is 1. The number of amides is 1. The lowest BCUT2D eigenvalue weighted by Gasteiger charge is -2.08. The first kappa shape index (κ1) is 20.3. The highest BCUT2D eigenvalue weighted by Crippen LogP contribution is 2.25. The van der Waals surface area contributed by atoms with Gasteiger partial charge < -0.3 is 9.73 Å². The molecule has 11 heteroatoms. The van der Waals surface area contributed by atoms with Gasteiger partial charge in [0.05, 0.1) is 11.8 Å². The second kappa shape index (κ2) is 8.38. The summed E-state index contributed by atoms with van der Waals surface area (Å²) in [6.07, 6.45) is 1.47. The van der Waals surface area contributed by atoms with Gasteiger partial charge in [-0.3, -0.25) is 4.79 Å². The van der Waals surface area contributed by atoms with Crippen LogP contribution < -0.4 is 5.32 Å². The second-order valence-corrected chi connectivity index (χ2v) is 6.59. The van der Waals surface area contributed by atoms with Crippen LogP contribution in [0.25, 0.3) is 17.0 Å². The third-order valence-electron chi connectivity index (χ3n) is 4.40. The van der Waals surface area contributed by atoms with Gasteiger partial charge >= 0.3 is 0 Å². The Balaban J connectivity index is 1.40. The van der Waals surface area contributed by atoms with Crippen LogP contribution >= 0.6 is 0 Å². The summed E-state index contributed by atoms with van der Waals surface area (Å²) in [5, 5.41) is 13.6. The van der Waals surface area contributed by atoms with Gasteiger partial charge in [-0.05, 0) is 47.7 Å². The molecule has 4 rings (SSSR count). The molecule has 2 aromatic heterocycles. The van der Waals surface area contributed by atoms with E-state index in [9.17, 15) is 18.0 Å². The molecular formula is C20H15F3N6O2. The van der Waals surface area contributed by atoms with Crippen molar-refractivity contribution in [2.45, 2.75) is 19.8 Å². The van der Waals surface area contributed by atoms with Crippen LogP contribution in [0, 0.1) is 24.4 Å². The summed E-state index contributed by atoms with van der Waals surface area (Å²) in [6, 6.07) is 7.14.